The number of hydrogen-bond acceptors (Lipinski definition) is 4. The summed E-state index contributed by atoms with van der Waals surface area (Å²) < 4.78 is 0. The van der Waals surface area contributed by atoms with Gasteiger partial charge in [-0.1, -0.05) is 23.2 Å². The molecule has 0 bridgehead atoms. The molecule has 1 aromatic carbocycles. The summed E-state index contributed by atoms with van der Waals surface area (Å²) in [7, 11) is 0. The van der Waals surface area contributed by atoms with Gasteiger partial charge < -0.3 is 10.4 Å². The molecular formula is C14H12Cl2N2O3S. The molecule has 0 saturated heterocycles. The minimum atomic E-state index is -1.08. The van der Waals surface area contributed by atoms with Gasteiger partial charge in [0.1, 0.15) is 11.0 Å². The molecule has 116 valence electrons. The Kier molecular flexibility index (Phi) is 5.39. The standard InChI is InChI=1S/C14H12Cl2N2O3S/c1-7(14(20)21)17-12(19)5-9-6-22-13(18-9)10-3-2-8(15)4-11(10)16/h2-4,6-7H,5H2,1H3,(H,17,19)(H,20,21). The van der Waals surface area contributed by atoms with Gasteiger partial charge in [0.2, 0.25) is 5.91 Å². The first-order valence-corrected chi connectivity index (χ1v) is 7.92. The summed E-state index contributed by atoms with van der Waals surface area (Å²) in [5.41, 5.74) is 1.29. The number of nitrogens with zero attached hydrogens (tertiary/aromatic N) is 1. The Morgan fingerprint density at radius 2 is 2.14 bits per heavy atom. The van der Waals surface area contributed by atoms with Gasteiger partial charge in [0, 0.05) is 16.0 Å². The number of thiazole rings is 1. The van der Waals surface area contributed by atoms with Crippen molar-refractivity contribution >= 4 is 46.4 Å². The van der Waals surface area contributed by atoms with E-state index in [1.807, 2.05) is 0 Å². The maximum absolute atomic E-state index is 11.7. The van der Waals surface area contributed by atoms with Crippen molar-refractivity contribution in [2.75, 3.05) is 0 Å². The number of carbonyl (C=O) groups excluding carboxylic acids is 1. The number of aromatic nitrogens is 1. The maximum Gasteiger partial charge on any atom is 0.325 e. The number of nitrogens with one attached hydrogen (secondary N) is 1. The van der Waals surface area contributed by atoms with Crippen LogP contribution in [0, 0.1) is 0 Å². The zero-order valence-corrected chi connectivity index (χ0v) is 13.8. The lowest BCUT2D eigenvalue weighted by molar-refractivity contribution is -0.141. The van der Waals surface area contributed by atoms with Crippen molar-refractivity contribution in [1.29, 1.82) is 0 Å². The highest BCUT2D eigenvalue weighted by atomic mass is 35.5. The van der Waals surface area contributed by atoms with E-state index in [0.29, 0.717) is 20.7 Å². The predicted molar refractivity (Wildman–Crippen MR) is 86.5 cm³/mol. The fourth-order valence-electron chi connectivity index (χ4n) is 1.69. The molecule has 0 aliphatic carbocycles. The predicted octanol–water partition coefficient (Wildman–Crippen LogP) is 3.25. The van der Waals surface area contributed by atoms with Crippen molar-refractivity contribution in [3.8, 4) is 10.6 Å². The highest BCUT2D eigenvalue weighted by Crippen LogP contribution is 2.32. The van der Waals surface area contributed by atoms with E-state index in [-0.39, 0.29) is 6.42 Å². The molecule has 0 radical (unpaired) electrons. The number of amides is 1. The highest BCUT2D eigenvalue weighted by Gasteiger charge is 2.16. The Balaban J connectivity index is 2.08. The van der Waals surface area contributed by atoms with E-state index in [0.717, 1.165) is 5.56 Å². The topological polar surface area (TPSA) is 79.3 Å². The molecule has 1 aromatic heterocycles. The van der Waals surface area contributed by atoms with Gasteiger partial charge in [-0.05, 0) is 25.1 Å². The molecular weight excluding hydrogens is 347 g/mol. The molecule has 2 aromatic rings. The van der Waals surface area contributed by atoms with Crippen molar-refractivity contribution in [1.82, 2.24) is 10.3 Å². The van der Waals surface area contributed by atoms with Gasteiger partial charge in [-0.2, -0.15) is 0 Å². The third-order valence-electron chi connectivity index (χ3n) is 2.80. The zero-order chi connectivity index (χ0) is 16.3. The van der Waals surface area contributed by atoms with Gasteiger partial charge in [-0.15, -0.1) is 11.3 Å². The van der Waals surface area contributed by atoms with Gasteiger partial charge in [-0.3, -0.25) is 9.59 Å². The second-order valence-corrected chi connectivity index (χ2v) is 6.27. The molecule has 2 rings (SSSR count). The first-order valence-electron chi connectivity index (χ1n) is 6.29. The molecule has 1 amide bonds. The molecule has 1 atom stereocenters. The summed E-state index contributed by atoms with van der Waals surface area (Å²) in [4.78, 5) is 26.8. The van der Waals surface area contributed by atoms with Crippen LogP contribution < -0.4 is 5.32 Å². The Morgan fingerprint density at radius 3 is 2.77 bits per heavy atom. The molecule has 1 unspecified atom stereocenters. The van der Waals surface area contributed by atoms with Crippen LogP contribution in [0.4, 0.5) is 0 Å². The van der Waals surface area contributed by atoms with Crippen LogP contribution in [-0.2, 0) is 16.0 Å². The van der Waals surface area contributed by atoms with Crippen LogP contribution >= 0.6 is 34.5 Å². The van der Waals surface area contributed by atoms with Crippen LogP contribution in [0.2, 0.25) is 10.0 Å². The van der Waals surface area contributed by atoms with Gasteiger partial charge in [0.25, 0.3) is 0 Å². The zero-order valence-electron chi connectivity index (χ0n) is 11.5. The quantitative estimate of drug-likeness (QED) is 0.859. The fraction of sp³-hybridized carbons (Fsp3) is 0.214. The Labute approximate surface area is 140 Å². The Hall–Kier alpha value is -1.63. The van der Waals surface area contributed by atoms with Crippen LogP contribution in [0.1, 0.15) is 12.6 Å². The van der Waals surface area contributed by atoms with Crippen LogP contribution in [0.3, 0.4) is 0 Å². The molecule has 1 heterocycles. The number of carbonyl (C=O) groups is 2. The van der Waals surface area contributed by atoms with Crippen molar-refractivity contribution in [3.63, 3.8) is 0 Å². The van der Waals surface area contributed by atoms with E-state index < -0.39 is 17.9 Å². The first kappa shape index (κ1) is 16.7. The third kappa shape index (κ3) is 4.19. The number of halogens is 2. The van der Waals surface area contributed by atoms with Gasteiger partial charge in [0.05, 0.1) is 17.1 Å². The van der Waals surface area contributed by atoms with Crippen molar-refractivity contribution in [2.24, 2.45) is 0 Å². The minimum Gasteiger partial charge on any atom is -0.480 e. The lowest BCUT2D eigenvalue weighted by Gasteiger charge is -2.07. The maximum atomic E-state index is 11.7. The lowest BCUT2D eigenvalue weighted by atomic mass is 10.2. The monoisotopic (exact) mass is 358 g/mol. The lowest BCUT2D eigenvalue weighted by Crippen LogP contribution is -2.39. The smallest absolute Gasteiger partial charge is 0.325 e. The van der Waals surface area contributed by atoms with Crippen LogP contribution in [-0.4, -0.2) is 28.0 Å². The van der Waals surface area contributed by atoms with E-state index in [2.05, 4.69) is 10.3 Å². The van der Waals surface area contributed by atoms with E-state index in [1.54, 1.807) is 23.6 Å². The number of carboxylic acid groups (broad SMARTS) is 1. The first-order chi connectivity index (χ1) is 10.4. The summed E-state index contributed by atoms with van der Waals surface area (Å²) >= 11 is 13.3. The molecule has 0 saturated carbocycles. The van der Waals surface area contributed by atoms with E-state index >= 15 is 0 Å². The van der Waals surface area contributed by atoms with Gasteiger partial charge >= 0.3 is 5.97 Å². The minimum absolute atomic E-state index is 0.0132. The van der Waals surface area contributed by atoms with E-state index in [4.69, 9.17) is 28.3 Å². The van der Waals surface area contributed by atoms with Crippen LogP contribution in [0.25, 0.3) is 10.6 Å². The third-order valence-corrected chi connectivity index (χ3v) is 4.28. The molecule has 8 heteroatoms. The normalized spacial score (nSPS) is 12.0. The molecule has 2 N–H and O–H groups in total. The number of carboxylic acids is 1. The summed E-state index contributed by atoms with van der Waals surface area (Å²) in [6.45, 7) is 1.40. The molecule has 5 nitrogen and oxygen atoms in total. The summed E-state index contributed by atoms with van der Waals surface area (Å²) in [5, 5.41) is 14.6. The SMILES string of the molecule is CC(NC(=O)Cc1csc(-c2ccc(Cl)cc2Cl)n1)C(=O)O. The second kappa shape index (κ2) is 7.09. The van der Waals surface area contributed by atoms with Gasteiger partial charge in [0.15, 0.2) is 0 Å². The Morgan fingerprint density at radius 1 is 1.41 bits per heavy atom. The number of hydrogen-bond donors (Lipinski definition) is 2. The summed E-state index contributed by atoms with van der Waals surface area (Å²) in [5.74, 6) is -1.48. The van der Waals surface area contributed by atoms with E-state index in [9.17, 15) is 9.59 Å². The number of benzene rings is 1. The molecule has 0 spiro atoms. The fourth-order valence-corrected chi connectivity index (χ4v) is 3.11. The van der Waals surface area contributed by atoms with E-state index in [1.165, 1.54) is 18.3 Å². The van der Waals surface area contributed by atoms with Crippen molar-refractivity contribution < 1.29 is 14.7 Å². The summed E-state index contributed by atoms with van der Waals surface area (Å²) in [6, 6.07) is 4.17. The van der Waals surface area contributed by atoms with Crippen LogP contribution in [0.5, 0.6) is 0 Å². The average molecular weight is 359 g/mol. The van der Waals surface area contributed by atoms with Gasteiger partial charge in [-0.25, -0.2) is 4.98 Å². The van der Waals surface area contributed by atoms with Crippen LogP contribution in [0.15, 0.2) is 23.6 Å². The second-order valence-electron chi connectivity index (χ2n) is 4.57. The largest absolute Gasteiger partial charge is 0.480 e. The molecule has 22 heavy (non-hydrogen) atoms. The van der Waals surface area contributed by atoms with Crippen molar-refractivity contribution in [2.45, 2.75) is 19.4 Å². The molecule has 0 aliphatic rings. The van der Waals surface area contributed by atoms with Crippen molar-refractivity contribution in [3.05, 3.63) is 39.3 Å². The number of rotatable bonds is 5. The summed E-state index contributed by atoms with van der Waals surface area (Å²) in [6.07, 6.45) is 0.0132. The number of aliphatic carboxylic acids is 1. The Bertz CT molecular complexity index is 718. The molecule has 0 fully saturated rings. The molecule has 0 aliphatic heterocycles. The average Bonchev–Trinajstić information content (AvgIpc) is 2.86. The highest BCUT2D eigenvalue weighted by molar-refractivity contribution is 7.13.